The number of allylic oxidation sites excluding steroid dienone is 3. The van der Waals surface area contributed by atoms with E-state index in [4.69, 9.17) is 9.05 Å². The molecule has 0 saturated heterocycles. The standard InChI is InChI=1S/C65H129N2O6P/c1-6-8-10-12-14-16-18-20-22-24-25-26-27-28-29-30-31-32-33-34-35-36-37-38-39-40-41-42-43-45-47-49-51-53-55-57-59-65(69)66-63(62-73-74(70,71)72-61-60-67(3,4)5)64(68)58-56-54-52-50-48-46-44-23-21-19-17-15-13-11-9-7-2/h48,50,56,58,63-64,68H,6-47,49,51-55,57,59-62H2,1-5H3,(H-,66,69,70,71)/p+1/b50-48+,58-56+. The van der Waals surface area contributed by atoms with Gasteiger partial charge in [0.25, 0.3) is 0 Å². The average molecular weight is 1070 g/mol. The van der Waals surface area contributed by atoms with Crippen molar-refractivity contribution in [1.82, 2.24) is 5.32 Å². The molecule has 0 spiro atoms. The summed E-state index contributed by atoms with van der Waals surface area (Å²) in [6.45, 7) is 4.84. The molecule has 9 heteroatoms. The predicted molar refractivity (Wildman–Crippen MR) is 323 cm³/mol. The topological polar surface area (TPSA) is 105 Å². The molecule has 1 amide bonds. The van der Waals surface area contributed by atoms with Crippen LogP contribution in [0.25, 0.3) is 0 Å². The Kier molecular flexibility index (Phi) is 55.9. The molecule has 74 heavy (non-hydrogen) atoms. The predicted octanol–water partition coefficient (Wildman–Crippen LogP) is 20.3. The molecule has 0 aromatic heterocycles. The third kappa shape index (κ3) is 58.7. The van der Waals surface area contributed by atoms with Crippen LogP contribution in [0.2, 0.25) is 0 Å². The maximum absolute atomic E-state index is 13.0. The molecule has 0 aromatic carbocycles. The number of quaternary nitrogens is 1. The van der Waals surface area contributed by atoms with Crippen molar-refractivity contribution in [2.75, 3.05) is 40.9 Å². The summed E-state index contributed by atoms with van der Waals surface area (Å²) in [6, 6.07) is -0.860. The van der Waals surface area contributed by atoms with Gasteiger partial charge in [-0.3, -0.25) is 13.8 Å². The van der Waals surface area contributed by atoms with E-state index in [9.17, 15) is 19.4 Å². The lowest BCUT2D eigenvalue weighted by molar-refractivity contribution is -0.870. The van der Waals surface area contributed by atoms with Crippen LogP contribution < -0.4 is 5.32 Å². The minimum atomic E-state index is -4.35. The van der Waals surface area contributed by atoms with Crippen molar-refractivity contribution in [1.29, 1.82) is 0 Å². The van der Waals surface area contributed by atoms with Crippen molar-refractivity contribution in [3.63, 3.8) is 0 Å². The number of likely N-dealkylation sites (N-methyl/N-ethyl adjacent to an activating group) is 1. The maximum atomic E-state index is 13.0. The van der Waals surface area contributed by atoms with Gasteiger partial charge >= 0.3 is 7.82 Å². The highest BCUT2D eigenvalue weighted by molar-refractivity contribution is 7.47. The maximum Gasteiger partial charge on any atom is 0.472 e. The summed E-state index contributed by atoms with van der Waals surface area (Å²) in [5.41, 5.74) is 0. The van der Waals surface area contributed by atoms with Crippen molar-refractivity contribution >= 4 is 13.7 Å². The van der Waals surface area contributed by atoms with Crippen LogP contribution in [0.5, 0.6) is 0 Å². The van der Waals surface area contributed by atoms with Crippen molar-refractivity contribution in [2.45, 2.75) is 347 Å². The van der Waals surface area contributed by atoms with Gasteiger partial charge in [0.2, 0.25) is 5.91 Å². The molecular formula is C65H130N2O6P+. The fourth-order valence-corrected chi connectivity index (χ4v) is 10.8. The lowest BCUT2D eigenvalue weighted by Gasteiger charge is -2.25. The Labute approximate surface area is 462 Å². The summed E-state index contributed by atoms with van der Waals surface area (Å²) in [7, 11) is 1.57. The van der Waals surface area contributed by atoms with E-state index in [0.29, 0.717) is 17.4 Å². The number of amides is 1. The van der Waals surface area contributed by atoms with Crippen molar-refractivity contribution in [3.05, 3.63) is 24.3 Å². The van der Waals surface area contributed by atoms with Crippen LogP contribution in [-0.2, 0) is 18.4 Å². The molecule has 0 aliphatic heterocycles. The number of aliphatic hydroxyl groups is 1. The second-order valence-electron chi connectivity index (χ2n) is 23.8. The number of carbonyl (C=O) groups is 1. The second kappa shape index (κ2) is 56.7. The van der Waals surface area contributed by atoms with Crippen LogP contribution >= 0.6 is 7.82 Å². The first-order valence-corrected chi connectivity index (χ1v) is 34.2. The molecule has 0 fully saturated rings. The largest absolute Gasteiger partial charge is 0.472 e. The van der Waals surface area contributed by atoms with E-state index < -0.39 is 20.0 Å². The molecule has 0 aromatic rings. The quantitative estimate of drug-likeness (QED) is 0.0243. The molecule has 3 N–H and O–H groups in total. The first-order chi connectivity index (χ1) is 36.0. The molecule has 8 nitrogen and oxygen atoms in total. The Morgan fingerprint density at radius 2 is 0.743 bits per heavy atom. The highest BCUT2D eigenvalue weighted by atomic mass is 31.2. The van der Waals surface area contributed by atoms with E-state index in [-0.39, 0.29) is 19.1 Å². The van der Waals surface area contributed by atoms with Gasteiger partial charge in [-0.05, 0) is 32.1 Å². The highest BCUT2D eigenvalue weighted by Gasteiger charge is 2.28. The molecule has 3 unspecified atom stereocenters. The Morgan fingerprint density at radius 1 is 0.446 bits per heavy atom. The molecule has 0 heterocycles. The average Bonchev–Trinajstić information content (AvgIpc) is 3.36. The summed E-state index contributed by atoms with van der Waals surface area (Å²) in [4.78, 5) is 23.3. The zero-order chi connectivity index (χ0) is 54.2. The van der Waals surface area contributed by atoms with E-state index in [1.54, 1.807) is 6.08 Å². The van der Waals surface area contributed by atoms with Gasteiger partial charge in [0.1, 0.15) is 13.2 Å². The normalized spacial score (nSPS) is 13.9. The fraction of sp³-hybridized carbons (Fsp3) is 0.923. The number of nitrogens with zero attached hydrogens (tertiary/aromatic N) is 1. The minimum absolute atomic E-state index is 0.0588. The summed E-state index contributed by atoms with van der Waals surface area (Å²) < 4.78 is 23.7. The zero-order valence-electron chi connectivity index (χ0n) is 50.4. The van der Waals surface area contributed by atoms with Crippen molar-refractivity contribution in [2.24, 2.45) is 0 Å². The zero-order valence-corrected chi connectivity index (χ0v) is 51.3. The monoisotopic (exact) mass is 1070 g/mol. The fourth-order valence-electron chi connectivity index (χ4n) is 10.1. The Morgan fingerprint density at radius 3 is 1.08 bits per heavy atom. The summed E-state index contributed by atoms with van der Waals surface area (Å²) in [5.74, 6) is -0.180. The van der Waals surface area contributed by atoms with E-state index >= 15 is 0 Å². The van der Waals surface area contributed by atoms with Gasteiger partial charge in [-0.15, -0.1) is 0 Å². The lowest BCUT2D eigenvalue weighted by Crippen LogP contribution is -2.45. The molecular weight excluding hydrogens is 936 g/mol. The SMILES string of the molecule is CCCCCCCCCCCC/C=C/CC/C=C/C(O)C(COP(=O)(O)OCC[N+](C)(C)C)NC(=O)CCCCCCCCCCCCCCCCCCCCCCCCCCCCCCCCCCCCCC. The molecule has 0 aliphatic carbocycles. The molecule has 0 rings (SSSR count). The molecule has 440 valence electrons. The Balaban J connectivity index is 3.94. The number of unbranched alkanes of at least 4 members (excludes halogenated alkanes) is 46. The van der Waals surface area contributed by atoms with Crippen LogP contribution in [0, 0.1) is 0 Å². The van der Waals surface area contributed by atoms with Crippen LogP contribution in [0.1, 0.15) is 335 Å². The number of hydrogen-bond donors (Lipinski definition) is 3. The van der Waals surface area contributed by atoms with E-state index in [0.717, 1.165) is 38.5 Å². The number of aliphatic hydroxyl groups excluding tert-OH is 1. The van der Waals surface area contributed by atoms with E-state index in [1.165, 1.54) is 276 Å². The third-order valence-corrected chi connectivity index (χ3v) is 16.2. The van der Waals surface area contributed by atoms with E-state index in [2.05, 4.69) is 31.3 Å². The second-order valence-corrected chi connectivity index (χ2v) is 25.3. The number of phosphoric ester groups is 1. The minimum Gasteiger partial charge on any atom is -0.387 e. The molecule has 0 saturated carbocycles. The lowest BCUT2D eigenvalue weighted by atomic mass is 10.0. The molecule has 3 atom stereocenters. The molecule has 0 aliphatic rings. The van der Waals surface area contributed by atoms with Gasteiger partial charge in [-0.25, -0.2) is 4.57 Å². The van der Waals surface area contributed by atoms with E-state index in [1.807, 2.05) is 27.2 Å². The summed E-state index contributed by atoms with van der Waals surface area (Å²) >= 11 is 0. The van der Waals surface area contributed by atoms with Gasteiger partial charge in [-0.2, -0.15) is 0 Å². The number of phosphoric acid groups is 1. The van der Waals surface area contributed by atoms with Gasteiger partial charge in [0.05, 0.1) is 39.9 Å². The number of rotatable bonds is 61. The number of hydrogen-bond acceptors (Lipinski definition) is 5. The smallest absolute Gasteiger partial charge is 0.387 e. The first-order valence-electron chi connectivity index (χ1n) is 32.7. The van der Waals surface area contributed by atoms with Crippen molar-refractivity contribution in [3.8, 4) is 0 Å². The highest BCUT2D eigenvalue weighted by Crippen LogP contribution is 2.43. The number of carbonyl (C=O) groups excluding carboxylic acids is 1. The summed E-state index contributed by atoms with van der Waals surface area (Å²) in [5, 5.41) is 13.9. The van der Waals surface area contributed by atoms with Gasteiger partial charge in [0, 0.05) is 6.42 Å². The summed E-state index contributed by atoms with van der Waals surface area (Å²) in [6.07, 6.45) is 73.3. The molecule has 0 bridgehead atoms. The van der Waals surface area contributed by atoms with Crippen LogP contribution in [0.15, 0.2) is 24.3 Å². The van der Waals surface area contributed by atoms with Crippen LogP contribution in [-0.4, -0.2) is 73.4 Å². The Bertz CT molecular complexity index is 1260. The van der Waals surface area contributed by atoms with Gasteiger partial charge in [-0.1, -0.05) is 321 Å². The van der Waals surface area contributed by atoms with Gasteiger partial charge < -0.3 is 19.8 Å². The molecule has 0 radical (unpaired) electrons. The van der Waals surface area contributed by atoms with Crippen molar-refractivity contribution < 1.29 is 32.9 Å². The van der Waals surface area contributed by atoms with Gasteiger partial charge in [0.15, 0.2) is 0 Å². The first kappa shape index (κ1) is 73.0. The Hall–Kier alpha value is -1.02. The third-order valence-electron chi connectivity index (χ3n) is 15.2. The van der Waals surface area contributed by atoms with Crippen LogP contribution in [0.3, 0.4) is 0 Å². The van der Waals surface area contributed by atoms with Crippen LogP contribution in [0.4, 0.5) is 0 Å². The number of nitrogens with one attached hydrogen (secondary N) is 1.